The summed E-state index contributed by atoms with van der Waals surface area (Å²) in [6.45, 7) is 2.00. The number of anilines is 2. The molecule has 2 aromatic carbocycles. The van der Waals surface area contributed by atoms with Crippen molar-refractivity contribution in [2.24, 2.45) is 0 Å². The van der Waals surface area contributed by atoms with Crippen molar-refractivity contribution in [2.75, 3.05) is 11.5 Å². The number of ether oxygens (including phenoxy) is 1. The van der Waals surface area contributed by atoms with Gasteiger partial charge in [-0.15, -0.1) is 0 Å². The highest BCUT2D eigenvalue weighted by molar-refractivity contribution is 6.30. The minimum atomic E-state index is -0.493. The van der Waals surface area contributed by atoms with E-state index in [2.05, 4.69) is 0 Å². The van der Waals surface area contributed by atoms with Gasteiger partial charge >= 0.3 is 5.97 Å². The number of aryl methyl sites for hydroxylation is 1. The van der Waals surface area contributed by atoms with Crippen LogP contribution < -0.4 is 11.5 Å². The third-order valence-corrected chi connectivity index (χ3v) is 3.11. The molecule has 0 aliphatic rings. The third kappa shape index (κ3) is 3.22. The Kier molecular flexibility index (Phi) is 4.15. The van der Waals surface area contributed by atoms with Crippen molar-refractivity contribution < 1.29 is 9.53 Å². The summed E-state index contributed by atoms with van der Waals surface area (Å²) in [6, 6.07) is 10.4. The summed E-state index contributed by atoms with van der Waals surface area (Å²) in [7, 11) is 0. The van der Waals surface area contributed by atoms with Crippen LogP contribution in [0.1, 0.15) is 21.5 Å². The van der Waals surface area contributed by atoms with Crippen molar-refractivity contribution in [3.8, 4) is 0 Å². The highest BCUT2D eigenvalue weighted by Gasteiger charge is 2.14. The molecular weight excluding hydrogens is 276 g/mol. The highest BCUT2D eigenvalue weighted by atomic mass is 35.5. The average molecular weight is 291 g/mol. The van der Waals surface area contributed by atoms with E-state index in [9.17, 15) is 4.79 Å². The van der Waals surface area contributed by atoms with Crippen LogP contribution in [0.25, 0.3) is 0 Å². The predicted molar refractivity (Wildman–Crippen MR) is 80.6 cm³/mol. The summed E-state index contributed by atoms with van der Waals surface area (Å²) in [5.74, 6) is -0.493. The van der Waals surface area contributed by atoms with Gasteiger partial charge in [-0.3, -0.25) is 0 Å². The Morgan fingerprint density at radius 1 is 1.20 bits per heavy atom. The normalized spacial score (nSPS) is 10.3. The third-order valence-electron chi connectivity index (χ3n) is 2.86. The van der Waals surface area contributed by atoms with Gasteiger partial charge in [0.05, 0.1) is 16.9 Å². The molecule has 0 aliphatic heterocycles. The second kappa shape index (κ2) is 5.84. The molecule has 0 bridgehead atoms. The minimum absolute atomic E-state index is 0.156. The molecule has 0 aromatic heterocycles. The van der Waals surface area contributed by atoms with E-state index in [-0.39, 0.29) is 17.9 Å². The van der Waals surface area contributed by atoms with Crippen molar-refractivity contribution in [2.45, 2.75) is 13.5 Å². The molecule has 0 heterocycles. The first-order valence-electron chi connectivity index (χ1n) is 6.04. The Hall–Kier alpha value is -2.20. The molecule has 4 N–H and O–H groups in total. The maximum absolute atomic E-state index is 12.0. The lowest BCUT2D eigenvalue weighted by atomic mass is 10.1. The fourth-order valence-electron chi connectivity index (χ4n) is 1.80. The zero-order valence-electron chi connectivity index (χ0n) is 11.0. The van der Waals surface area contributed by atoms with Crippen molar-refractivity contribution in [1.29, 1.82) is 0 Å². The van der Waals surface area contributed by atoms with Gasteiger partial charge in [0.25, 0.3) is 0 Å². The standard InChI is InChI=1S/C15H15ClN2O2/c1-9-6-12(14(18)13(17)7-9)15(19)20-8-10-2-4-11(16)5-3-10/h2-7H,8,17-18H2,1H3. The van der Waals surface area contributed by atoms with Crippen LogP contribution >= 0.6 is 11.6 Å². The molecule has 0 aliphatic carbocycles. The average Bonchev–Trinajstić information content (AvgIpc) is 2.42. The summed E-state index contributed by atoms with van der Waals surface area (Å²) >= 11 is 5.79. The molecule has 2 aromatic rings. The van der Waals surface area contributed by atoms with Gasteiger partial charge < -0.3 is 16.2 Å². The Bertz CT molecular complexity index is 639. The largest absolute Gasteiger partial charge is 0.457 e. The van der Waals surface area contributed by atoms with Crippen molar-refractivity contribution >= 4 is 28.9 Å². The molecule has 104 valence electrons. The molecular formula is C15H15ClN2O2. The molecule has 2 rings (SSSR count). The summed E-state index contributed by atoms with van der Waals surface area (Å²) in [4.78, 5) is 12.0. The molecule has 20 heavy (non-hydrogen) atoms. The Labute approximate surface area is 122 Å². The first-order valence-corrected chi connectivity index (χ1v) is 6.42. The molecule has 0 radical (unpaired) electrons. The number of benzene rings is 2. The van der Waals surface area contributed by atoms with Crippen LogP contribution in [0.3, 0.4) is 0 Å². The number of nitrogen functional groups attached to an aromatic ring is 2. The van der Waals surface area contributed by atoms with Gasteiger partial charge in [-0.05, 0) is 42.3 Å². The second-order valence-corrected chi connectivity index (χ2v) is 4.95. The number of nitrogens with two attached hydrogens (primary N) is 2. The number of hydrogen-bond acceptors (Lipinski definition) is 4. The lowest BCUT2D eigenvalue weighted by Gasteiger charge is -2.10. The smallest absolute Gasteiger partial charge is 0.340 e. The molecule has 4 nitrogen and oxygen atoms in total. The molecule has 0 unspecified atom stereocenters. The molecule has 0 spiro atoms. The number of rotatable bonds is 3. The Morgan fingerprint density at radius 2 is 1.85 bits per heavy atom. The molecule has 0 amide bonds. The fourth-order valence-corrected chi connectivity index (χ4v) is 1.93. The number of carbonyl (C=O) groups excluding carboxylic acids is 1. The van der Waals surface area contributed by atoms with Gasteiger partial charge in [-0.1, -0.05) is 23.7 Å². The van der Waals surface area contributed by atoms with Crippen molar-refractivity contribution in [3.05, 3.63) is 58.1 Å². The van der Waals surface area contributed by atoms with Crippen LogP contribution in [0.2, 0.25) is 5.02 Å². The number of halogens is 1. The lowest BCUT2D eigenvalue weighted by Crippen LogP contribution is -2.10. The first kappa shape index (κ1) is 14.2. The quantitative estimate of drug-likeness (QED) is 0.672. The predicted octanol–water partition coefficient (Wildman–Crippen LogP) is 3.17. The molecule has 0 saturated heterocycles. The van der Waals surface area contributed by atoms with Crippen LogP contribution in [0.15, 0.2) is 36.4 Å². The van der Waals surface area contributed by atoms with Gasteiger partial charge in [-0.2, -0.15) is 0 Å². The van der Waals surface area contributed by atoms with E-state index >= 15 is 0 Å². The maximum atomic E-state index is 12.0. The van der Waals surface area contributed by atoms with Crippen LogP contribution in [-0.4, -0.2) is 5.97 Å². The second-order valence-electron chi connectivity index (χ2n) is 4.52. The van der Waals surface area contributed by atoms with E-state index in [4.69, 9.17) is 27.8 Å². The monoisotopic (exact) mass is 290 g/mol. The van der Waals surface area contributed by atoms with Crippen molar-refractivity contribution in [1.82, 2.24) is 0 Å². The van der Waals surface area contributed by atoms with E-state index in [1.165, 1.54) is 0 Å². The summed E-state index contributed by atoms with van der Waals surface area (Å²) in [5.41, 5.74) is 14.2. The van der Waals surface area contributed by atoms with Gasteiger partial charge in [0, 0.05) is 5.02 Å². The summed E-state index contributed by atoms with van der Waals surface area (Å²) in [5, 5.41) is 0.635. The van der Waals surface area contributed by atoms with E-state index in [0.29, 0.717) is 10.7 Å². The first-order chi connectivity index (χ1) is 9.47. The molecule has 0 saturated carbocycles. The van der Waals surface area contributed by atoms with Crippen LogP contribution in [0, 0.1) is 6.92 Å². The molecule has 0 atom stereocenters. The van der Waals surface area contributed by atoms with Crippen molar-refractivity contribution in [3.63, 3.8) is 0 Å². The highest BCUT2D eigenvalue weighted by Crippen LogP contribution is 2.23. The SMILES string of the molecule is Cc1cc(N)c(N)c(C(=O)OCc2ccc(Cl)cc2)c1. The summed E-state index contributed by atoms with van der Waals surface area (Å²) < 4.78 is 5.23. The topological polar surface area (TPSA) is 78.3 Å². The van der Waals surface area contributed by atoms with Crippen LogP contribution in [0.4, 0.5) is 11.4 Å². The van der Waals surface area contributed by atoms with Crippen LogP contribution in [0.5, 0.6) is 0 Å². The van der Waals surface area contributed by atoms with E-state index in [1.807, 2.05) is 6.92 Å². The van der Waals surface area contributed by atoms with E-state index in [1.54, 1.807) is 36.4 Å². The summed E-state index contributed by atoms with van der Waals surface area (Å²) in [6.07, 6.45) is 0. The van der Waals surface area contributed by atoms with Gasteiger partial charge in [-0.25, -0.2) is 4.79 Å². The zero-order valence-corrected chi connectivity index (χ0v) is 11.8. The molecule has 5 heteroatoms. The number of hydrogen-bond donors (Lipinski definition) is 2. The maximum Gasteiger partial charge on any atom is 0.340 e. The fraction of sp³-hybridized carbons (Fsp3) is 0.133. The number of carbonyl (C=O) groups is 1. The van der Waals surface area contributed by atoms with Gasteiger partial charge in [0.2, 0.25) is 0 Å². The van der Waals surface area contributed by atoms with Gasteiger partial charge in [0.15, 0.2) is 0 Å². The molecule has 0 fully saturated rings. The van der Waals surface area contributed by atoms with Gasteiger partial charge in [0.1, 0.15) is 6.61 Å². The number of esters is 1. The zero-order chi connectivity index (χ0) is 14.7. The minimum Gasteiger partial charge on any atom is -0.457 e. The Balaban J connectivity index is 2.11. The Morgan fingerprint density at radius 3 is 2.50 bits per heavy atom. The van der Waals surface area contributed by atoms with Crippen LogP contribution in [-0.2, 0) is 11.3 Å². The van der Waals surface area contributed by atoms with E-state index < -0.39 is 5.97 Å². The van der Waals surface area contributed by atoms with E-state index in [0.717, 1.165) is 11.1 Å². The lowest BCUT2D eigenvalue weighted by molar-refractivity contribution is 0.0474.